The van der Waals surface area contributed by atoms with Gasteiger partial charge in [-0.3, -0.25) is 4.79 Å². The van der Waals surface area contributed by atoms with Gasteiger partial charge in [-0.2, -0.15) is 26.9 Å². The van der Waals surface area contributed by atoms with Crippen molar-refractivity contribution in [2.75, 3.05) is 28.6 Å². The van der Waals surface area contributed by atoms with E-state index in [0.29, 0.717) is 30.5 Å². The fourth-order valence-corrected chi connectivity index (χ4v) is 4.92. The van der Waals surface area contributed by atoms with E-state index < -0.39 is 30.1 Å². The lowest BCUT2D eigenvalue weighted by Gasteiger charge is -2.37. The fourth-order valence-electron chi connectivity index (χ4n) is 4.92. The molecule has 3 aromatic rings. The summed E-state index contributed by atoms with van der Waals surface area (Å²) in [6, 6.07) is 9.71. The quantitative estimate of drug-likeness (QED) is 0.298. The fraction of sp³-hybridized carbons (Fsp3) is 0.346. The summed E-state index contributed by atoms with van der Waals surface area (Å²) in [5, 5.41) is 11.3. The number of halogens is 5. The van der Waals surface area contributed by atoms with Crippen molar-refractivity contribution in [3.8, 4) is 5.75 Å². The number of rotatable bonds is 7. The van der Waals surface area contributed by atoms with Gasteiger partial charge in [0, 0.05) is 49.7 Å². The zero-order valence-electron chi connectivity index (χ0n) is 21.4. The molecule has 2 aliphatic rings. The number of carbonyl (C=O) groups excluding carboxylic acids is 1. The molecule has 2 atom stereocenters. The summed E-state index contributed by atoms with van der Waals surface area (Å²) in [5.41, 5.74) is 0.476. The number of benzene rings is 2. The zero-order valence-corrected chi connectivity index (χ0v) is 21.4. The number of carbonyl (C=O) groups is 1. The van der Waals surface area contributed by atoms with Crippen molar-refractivity contribution in [3.05, 3.63) is 59.3 Å². The molecule has 1 aromatic heterocycles. The van der Waals surface area contributed by atoms with Gasteiger partial charge in [-0.25, -0.2) is 4.98 Å². The van der Waals surface area contributed by atoms with Gasteiger partial charge >= 0.3 is 12.8 Å². The van der Waals surface area contributed by atoms with Crippen LogP contribution in [0.2, 0.25) is 0 Å². The summed E-state index contributed by atoms with van der Waals surface area (Å²) in [5.74, 6) is -1.57. The third kappa shape index (κ3) is 5.86. The lowest BCUT2D eigenvalue weighted by atomic mass is 10.1. The molecule has 2 aromatic carbocycles. The van der Waals surface area contributed by atoms with E-state index in [4.69, 9.17) is 4.74 Å². The van der Waals surface area contributed by atoms with Crippen LogP contribution in [0.1, 0.15) is 35.3 Å². The number of piperazine rings is 1. The second-order valence-corrected chi connectivity index (χ2v) is 9.66. The summed E-state index contributed by atoms with van der Waals surface area (Å²) >= 11 is 0. The molecule has 212 valence electrons. The second-order valence-electron chi connectivity index (χ2n) is 9.66. The lowest BCUT2D eigenvalue weighted by Crippen LogP contribution is -2.54. The number of anilines is 5. The Kier molecular flexibility index (Phi) is 7.36. The minimum absolute atomic E-state index is 0.0333. The molecular formula is C26H26F5N7O2. The molecule has 2 aliphatic heterocycles. The molecule has 4 N–H and O–H groups in total. The van der Waals surface area contributed by atoms with Crippen molar-refractivity contribution in [3.63, 3.8) is 0 Å². The number of aromatic nitrogens is 2. The number of alkyl halides is 5. The van der Waals surface area contributed by atoms with E-state index in [1.807, 2.05) is 18.7 Å². The largest absolute Gasteiger partial charge is 0.433 e. The molecule has 1 fully saturated rings. The Morgan fingerprint density at radius 2 is 1.82 bits per heavy atom. The van der Waals surface area contributed by atoms with E-state index in [1.54, 1.807) is 18.2 Å². The third-order valence-corrected chi connectivity index (χ3v) is 6.51. The van der Waals surface area contributed by atoms with Crippen LogP contribution in [0, 0.1) is 0 Å². The summed E-state index contributed by atoms with van der Waals surface area (Å²) < 4.78 is 72.8. The highest BCUT2D eigenvalue weighted by Gasteiger charge is 2.36. The van der Waals surface area contributed by atoms with Crippen LogP contribution in [0.3, 0.4) is 0 Å². The topological polar surface area (TPSA) is 103 Å². The van der Waals surface area contributed by atoms with E-state index in [0.717, 1.165) is 0 Å². The highest BCUT2D eigenvalue weighted by molar-refractivity contribution is 6.04. The number of ether oxygens (including phenoxy) is 1. The van der Waals surface area contributed by atoms with E-state index in [9.17, 15) is 26.7 Å². The first kappa shape index (κ1) is 27.4. The van der Waals surface area contributed by atoms with Crippen LogP contribution in [0.15, 0.2) is 42.6 Å². The minimum Gasteiger partial charge on any atom is -0.433 e. The Bertz CT molecular complexity index is 1410. The van der Waals surface area contributed by atoms with Crippen molar-refractivity contribution in [2.24, 2.45) is 0 Å². The molecular weight excluding hydrogens is 537 g/mol. The van der Waals surface area contributed by atoms with Gasteiger partial charge in [-0.15, -0.1) is 0 Å². The highest BCUT2D eigenvalue weighted by Crippen LogP contribution is 2.38. The average molecular weight is 564 g/mol. The van der Waals surface area contributed by atoms with Gasteiger partial charge < -0.3 is 30.9 Å². The van der Waals surface area contributed by atoms with Gasteiger partial charge in [-0.05, 0) is 37.6 Å². The van der Waals surface area contributed by atoms with Crippen LogP contribution in [-0.4, -0.2) is 47.7 Å². The van der Waals surface area contributed by atoms with Crippen molar-refractivity contribution in [2.45, 2.75) is 45.3 Å². The Labute approximate surface area is 226 Å². The number of hydrogen-bond acceptors (Lipinski definition) is 8. The molecule has 1 saturated heterocycles. The number of nitrogens with one attached hydrogen (secondary N) is 4. The molecule has 0 spiro atoms. The van der Waals surface area contributed by atoms with Crippen molar-refractivity contribution in [1.29, 1.82) is 0 Å². The molecule has 1 amide bonds. The molecule has 0 bridgehead atoms. The molecule has 40 heavy (non-hydrogen) atoms. The van der Waals surface area contributed by atoms with Crippen LogP contribution < -0.4 is 30.9 Å². The normalized spacial score (nSPS) is 18.9. The predicted molar refractivity (Wildman–Crippen MR) is 139 cm³/mol. The number of nitrogens with zero attached hydrogens (tertiary/aromatic N) is 3. The highest BCUT2D eigenvalue weighted by atomic mass is 19.4. The molecule has 0 saturated carbocycles. The lowest BCUT2D eigenvalue weighted by molar-refractivity contribution is -0.137. The Balaban J connectivity index is 1.47. The maximum atomic E-state index is 13.8. The molecule has 5 rings (SSSR count). The first-order valence-corrected chi connectivity index (χ1v) is 12.5. The maximum Gasteiger partial charge on any atom is 0.421 e. The van der Waals surface area contributed by atoms with E-state index >= 15 is 0 Å². The van der Waals surface area contributed by atoms with Crippen LogP contribution >= 0.6 is 0 Å². The van der Waals surface area contributed by atoms with Gasteiger partial charge in [0.05, 0.1) is 16.9 Å². The smallest absolute Gasteiger partial charge is 0.421 e. The van der Waals surface area contributed by atoms with Crippen LogP contribution in [0.25, 0.3) is 0 Å². The van der Waals surface area contributed by atoms with Gasteiger partial charge in [0.2, 0.25) is 5.95 Å². The van der Waals surface area contributed by atoms with Crippen LogP contribution in [0.5, 0.6) is 5.75 Å². The Morgan fingerprint density at radius 3 is 2.52 bits per heavy atom. The zero-order chi connectivity index (χ0) is 28.6. The van der Waals surface area contributed by atoms with Crippen molar-refractivity contribution >= 4 is 34.7 Å². The SMILES string of the molecule is C[C@@H]1CN(c2ccc(Nc3ncc(C(F)(F)F)c(Nc4cccc5c4C(=O)NC5)n3)c(OC(F)F)c2)C[C@H](C)N1. The Hall–Kier alpha value is -4.20. The summed E-state index contributed by atoms with van der Waals surface area (Å²) in [6.45, 7) is 2.42. The monoisotopic (exact) mass is 563 g/mol. The van der Waals surface area contributed by atoms with Crippen molar-refractivity contribution in [1.82, 2.24) is 20.6 Å². The van der Waals surface area contributed by atoms with Crippen molar-refractivity contribution < 1.29 is 31.5 Å². The molecule has 3 heterocycles. The molecule has 14 heteroatoms. The first-order valence-electron chi connectivity index (χ1n) is 12.5. The third-order valence-electron chi connectivity index (χ3n) is 6.51. The summed E-state index contributed by atoms with van der Waals surface area (Å²) in [7, 11) is 0. The molecule has 0 unspecified atom stereocenters. The van der Waals surface area contributed by atoms with Gasteiger partial charge in [-0.1, -0.05) is 12.1 Å². The molecule has 0 aliphatic carbocycles. The van der Waals surface area contributed by atoms with E-state index in [-0.39, 0.29) is 47.3 Å². The average Bonchev–Trinajstić information content (AvgIpc) is 3.25. The number of amides is 1. The molecule has 9 nitrogen and oxygen atoms in total. The van der Waals surface area contributed by atoms with Crippen LogP contribution in [-0.2, 0) is 12.7 Å². The van der Waals surface area contributed by atoms with Gasteiger partial charge in [0.15, 0.2) is 5.75 Å². The summed E-state index contributed by atoms with van der Waals surface area (Å²) in [6.07, 6.45) is -4.24. The second kappa shape index (κ2) is 10.8. The first-order chi connectivity index (χ1) is 19.0. The van der Waals surface area contributed by atoms with Gasteiger partial charge in [0.25, 0.3) is 5.91 Å². The standard InChI is InChI=1S/C26H26F5N7O2/c1-13-11-38(12-14(2)34-13)16-6-7-18(20(8-16)40-24(27)28)36-25-33-10-17(26(29,30)31)22(37-25)35-19-5-3-4-15-9-32-23(39)21(15)19/h3-8,10,13-14,24,34H,9,11-12H2,1-2H3,(H,32,39)(H2,33,35,36,37)/t13-,14+. The summed E-state index contributed by atoms with van der Waals surface area (Å²) in [4.78, 5) is 22.0. The number of fused-ring (bicyclic) bond motifs is 1. The minimum atomic E-state index is -4.82. The Morgan fingerprint density at radius 1 is 1.07 bits per heavy atom. The maximum absolute atomic E-state index is 13.8. The molecule has 0 radical (unpaired) electrons. The van der Waals surface area contributed by atoms with Crippen LogP contribution in [0.4, 0.5) is 50.8 Å². The van der Waals surface area contributed by atoms with E-state index in [2.05, 4.69) is 31.2 Å². The predicted octanol–water partition coefficient (Wildman–Crippen LogP) is 5.01. The van der Waals surface area contributed by atoms with E-state index in [1.165, 1.54) is 18.2 Å². The number of hydrogen-bond donors (Lipinski definition) is 4. The van der Waals surface area contributed by atoms with Gasteiger partial charge in [0.1, 0.15) is 11.4 Å².